The van der Waals surface area contributed by atoms with Crippen LogP contribution in [0, 0.1) is 0 Å². The van der Waals surface area contributed by atoms with E-state index in [-0.39, 0.29) is 12.0 Å². The van der Waals surface area contributed by atoms with Crippen LogP contribution in [-0.4, -0.2) is 45.1 Å². The van der Waals surface area contributed by atoms with Gasteiger partial charge in [0.15, 0.2) is 6.10 Å². The Balaban J connectivity index is 1.63. The Bertz CT molecular complexity index is 636. The Hall–Kier alpha value is -2.47. The van der Waals surface area contributed by atoms with Gasteiger partial charge in [0.2, 0.25) is 5.88 Å². The summed E-state index contributed by atoms with van der Waals surface area (Å²) in [7, 11) is 0. The Morgan fingerprint density at radius 3 is 2.87 bits per heavy atom. The van der Waals surface area contributed by atoms with Crippen molar-refractivity contribution >= 4 is 5.91 Å². The molecule has 1 amide bonds. The lowest BCUT2D eigenvalue weighted by Gasteiger charge is -2.33. The molecular weight excluding hydrogens is 294 g/mol. The lowest BCUT2D eigenvalue weighted by molar-refractivity contribution is -0.143. The van der Waals surface area contributed by atoms with Crippen LogP contribution in [0.25, 0.3) is 0 Å². The van der Waals surface area contributed by atoms with E-state index < -0.39 is 6.10 Å². The number of aliphatic hydroxyl groups is 1. The Kier molecular flexibility index (Phi) is 4.83. The fraction of sp³-hybridized carbons (Fsp3) is 0.353. The van der Waals surface area contributed by atoms with Gasteiger partial charge in [-0.15, -0.1) is 0 Å². The normalized spacial score (nSPS) is 19.2. The highest BCUT2D eigenvalue weighted by atomic mass is 16.5. The first kappa shape index (κ1) is 15.4. The van der Waals surface area contributed by atoms with Crippen molar-refractivity contribution in [3.05, 3.63) is 54.5 Å². The fourth-order valence-electron chi connectivity index (χ4n) is 2.70. The van der Waals surface area contributed by atoms with Gasteiger partial charge in [-0.05, 0) is 18.4 Å². The number of rotatable bonds is 4. The summed E-state index contributed by atoms with van der Waals surface area (Å²) in [5.41, 5.74) is 0.606. The molecule has 6 heteroatoms. The molecule has 1 aromatic heterocycles. The molecule has 2 aromatic rings. The molecule has 0 radical (unpaired) electrons. The van der Waals surface area contributed by atoms with E-state index in [2.05, 4.69) is 9.97 Å². The van der Waals surface area contributed by atoms with Crippen LogP contribution < -0.4 is 4.74 Å². The zero-order valence-electron chi connectivity index (χ0n) is 12.7. The summed E-state index contributed by atoms with van der Waals surface area (Å²) >= 11 is 0. The number of hydrogen-bond donors (Lipinski definition) is 1. The predicted octanol–water partition coefficient (Wildman–Crippen LogP) is 1.58. The minimum atomic E-state index is -1.13. The molecule has 2 heterocycles. The number of nitrogens with zero attached hydrogens (tertiary/aromatic N) is 3. The molecule has 3 rings (SSSR count). The first-order chi connectivity index (χ1) is 11.2. The van der Waals surface area contributed by atoms with Crippen LogP contribution in [0.1, 0.15) is 24.5 Å². The minimum absolute atomic E-state index is 0.132. The number of aliphatic hydroxyl groups excluding tert-OH is 1. The van der Waals surface area contributed by atoms with Crippen LogP contribution >= 0.6 is 0 Å². The van der Waals surface area contributed by atoms with Gasteiger partial charge < -0.3 is 14.7 Å². The van der Waals surface area contributed by atoms with E-state index in [9.17, 15) is 9.90 Å². The lowest BCUT2D eigenvalue weighted by atomic mass is 10.0. The molecule has 2 atom stereocenters. The largest absolute Gasteiger partial charge is 0.471 e. The van der Waals surface area contributed by atoms with Crippen LogP contribution in [0.2, 0.25) is 0 Å². The molecule has 1 saturated heterocycles. The number of carbonyl (C=O) groups is 1. The molecule has 23 heavy (non-hydrogen) atoms. The average Bonchev–Trinajstić information content (AvgIpc) is 2.62. The predicted molar refractivity (Wildman–Crippen MR) is 83.7 cm³/mol. The molecule has 0 unspecified atom stereocenters. The smallest absolute Gasteiger partial charge is 0.256 e. The minimum Gasteiger partial charge on any atom is -0.471 e. The van der Waals surface area contributed by atoms with E-state index in [4.69, 9.17) is 4.74 Å². The molecule has 120 valence electrons. The summed E-state index contributed by atoms with van der Waals surface area (Å²) in [4.78, 5) is 22.2. The molecule has 6 nitrogen and oxygen atoms in total. The molecule has 1 aromatic carbocycles. The van der Waals surface area contributed by atoms with Crippen LogP contribution in [0.15, 0.2) is 48.9 Å². The van der Waals surface area contributed by atoms with Crippen molar-refractivity contribution < 1.29 is 14.6 Å². The first-order valence-electron chi connectivity index (χ1n) is 7.68. The first-order valence-corrected chi connectivity index (χ1v) is 7.68. The monoisotopic (exact) mass is 313 g/mol. The fourth-order valence-corrected chi connectivity index (χ4v) is 2.70. The Morgan fingerprint density at radius 1 is 1.30 bits per heavy atom. The number of piperidine rings is 1. The van der Waals surface area contributed by atoms with Gasteiger partial charge in [0.25, 0.3) is 5.91 Å². The van der Waals surface area contributed by atoms with Crippen LogP contribution in [0.3, 0.4) is 0 Å². The van der Waals surface area contributed by atoms with Crippen LogP contribution in [-0.2, 0) is 4.79 Å². The van der Waals surface area contributed by atoms with Crippen molar-refractivity contribution in [3.63, 3.8) is 0 Å². The topological polar surface area (TPSA) is 75.5 Å². The van der Waals surface area contributed by atoms with E-state index in [1.165, 1.54) is 0 Å². The quantitative estimate of drug-likeness (QED) is 0.927. The number of carbonyl (C=O) groups excluding carboxylic acids is 1. The third-order valence-corrected chi connectivity index (χ3v) is 3.87. The highest BCUT2D eigenvalue weighted by Gasteiger charge is 2.29. The van der Waals surface area contributed by atoms with Crippen molar-refractivity contribution in [2.45, 2.75) is 25.0 Å². The Labute approximate surface area is 134 Å². The second kappa shape index (κ2) is 7.19. The van der Waals surface area contributed by atoms with Gasteiger partial charge in [0.05, 0.1) is 12.7 Å². The summed E-state index contributed by atoms with van der Waals surface area (Å²) in [6.45, 7) is 1.07. The molecule has 1 N–H and O–H groups in total. The van der Waals surface area contributed by atoms with Crippen molar-refractivity contribution in [1.82, 2.24) is 14.9 Å². The summed E-state index contributed by atoms with van der Waals surface area (Å²) in [5.74, 6) is 0.166. The van der Waals surface area contributed by atoms with Gasteiger partial charge in [-0.1, -0.05) is 30.3 Å². The molecule has 1 aliphatic rings. The van der Waals surface area contributed by atoms with Crippen LogP contribution in [0.4, 0.5) is 0 Å². The number of hydrogen-bond acceptors (Lipinski definition) is 5. The summed E-state index contributed by atoms with van der Waals surface area (Å²) in [6.07, 6.45) is 5.12. The SMILES string of the molecule is O=C([C@@H](O)c1ccccc1)N1CCC[C@@H](Oc2cnccn2)C1. The second-order valence-electron chi connectivity index (χ2n) is 5.52. The molecule has 1 fully saturated rings. The van der Waals surface area contributed by atoms with Crippen molar-refractivity contribution in [2.24, 2.45) is 0 Å². The maximum absolute atomic E-state index is 12.5. The van der Waals surface area contributed by atoms with Crippen LogP contribution in [0.5, 0.6) is 5.88 Å². The zero-order chi connectivity index (χ0) is 16.1. The highest BCUT2D eigenvalue weighted by Crippen LogP contribution is 2.21. The second-order valence-corrected chi connectivity index (χ2v) is 5.52. The number of ether oxygens (including phenoxy) is 1. The highest BCUT2D eigenvalue weighted by molar-refractivity contribution is 5.82. The van der Waals surface area contributed by atoms with E-state index in [0.717, 1.165) is 12.8 Å². The van der Waals surface area contributed by atoms with Gasteiger partial charge in [-0.2, -0.15) is 0 Å². The maximum atomic E-state index is 12.5. The molecule has 1 aliphatic heterocycles. The Morgan fingerprint density at radius 2 is 2.13 bits per heavy atom. The van der Waals surface area contributed by atoms with Gasteiger partial charge in [0.1, 0.15) is 6.10 Å². The number of benzene rings is 1. The zero-order valence-corrected chi connectivity index (χ0v) is 12.7. The molecule has 0 saturated carbocycles. The summed E-state index contributed by atoms with van der Waals surface area (Å²) < 4.78 is 5.77. The van der Waals surface area contributed by atoms with E-state index in [0.29, 0.717) is 24.5 Å². The average molecular weight is 313 g/mol. The van der Waals surface area contributed by atoms with Gasteiger partial charge in [0, 0.05) is 18.9 Å². The summed E-state index contributed by atoms with van der Waals surface area (Å²) in [6, 6.07) is 8.97. The number of likely N-dealkylation sites (tertiary alicyclic amines) is 1. The van der Waals surface area contributed by atoms with Crippen molar-refractivity contribution in [3.8, 4) is 5.88 Å². The molecular formula is C17H19N3O3. The van der Waals surface area contributed by atoms with Crippen molar-refractivity contribution in [2.75, 3.05) is 13.1 Å². The standard InChI is InChI=1S/C17H19N3O3/c21-16(13-5-2-1-3-6-13)17(22)20-10-4-7-14(12-20)23-15-11-18-8-9-19-15/h1-3,5-6,8-9,11,14,16,21H,4,7,10,12H2/t14-,16+/m1/s1. The lowest BCUT2D eigenvalue weighted by Crippen LogP contribution is -2.46. The van der Waals surface area contributed by atoms with E-state index in [1.807, 2.05) is 18.2 Å². The third kappa shape index (κ3) is 3.84. The number of aromatic nitrogens is 2. The molecule has 0 bridgehead atoms. The summed E-state index contributed by atoms with van der Waals surface area (Å²) in [5, 5.41) is 10.3. The van der Waals surface area contributed by atoms with E-state index >= 15 is 0 Å². The maximum Gasteiger partial charge on any atom is 0.256 e. The van der Waals surface area contributed by atoms with Gasteiger partial charge >= 0.3 is 0 Å². The van der Waals surface area contributed by atoms with Crippen molar-refractivity contribution in [1.29, 1.82) is 0 Å². The van der Waals surface area contributed by atoms with Gasteiger partial charge in [-0.3, -0.25) is 9.78 Å². The van der Waals surface area contributed by atoms with E-state index in [1.54, 1.807) is 35.6 Å². The number of amides is 1. The molecule has 0 spiro atoms. The molecule has 0 aliphatic carbocycles. The van der Waals surface area contributed by atoms with Gasteiger partial charge in [-0.25, -0.2) is 4.98 Å². The third-order valence-electron chi connectivity index (χ3n) is 3.87.